The summed E-state index contributed by atoms with van der Waals surface area (Å²) >= 11 is 0. The standard InChI is InChI=1S/C59H70N2O10S2/c1-4-38-14-15-39-9-8-12-46-52(32-62)73-72-33-42-26-53(66)59(43-22-37(30-60-2)23-44(64)27-43,29-35-13-18-50(70-34-63)51(24-35)71-45-10-6-5-7-11-45)58(68)55(42)56(67)41(21-36-19-20-61-31-36)25-40-16-17-49(65)57(69-3)48(40)28-47(38)54(39)46/h8-9,12-20,22-24,27,31,41-42,45,52-53,55-56,60-67H,4-7,10-11,21,25-26,28-30,32-34H2,1-3H3. The number of nitrogens with one attached hydrogen (secondary N) is 2. The molecule has 2 aliphatic carbocycles. The number of aliphatic hydroxyl groups is 4. The maximum Gasteiger partial charge on any atom is 0.186 e. The van der Waals surface area contributed by atoms with Crippen LogP contribution >= 0.6 is 21.6 Å². The van der Waals surface area contributed by atoms with Crippen molar-refractivity contribution >= 4 is 38.1 Å². The van der Waals surface area contributed by atoms with Crippen LogP contribution < -0.4 is 19.5 Å². The maximum absolute atomic E-state index is 16.6. The number of aromatic hydroxyl groups is 2. The van der Waals surface area contributed by atoms with Crippen molar-refractivity contribution in [3.05, 3.63) is 147 Å². The highest BCUT2D eigenvalue weighted by molar-refractivity contribution is 8.76. The number of aromatic amines is 1. The van der Waals surface area contributed by atoms with E-state index in [4.69, 9.17) is 14.2 Å². The Hall–Kier alpha value is -5.19. The molecule has 6 aromatic rings. The van der Waals surface area contributed by atoms with Gasteiger partial charge in [-0.3, -0.25) is 4.79 Å². The lowest BCUT2D eigenvalue weighted by molar-refractivity contribution is -0.149. The van der Waals surface area contributed by atoms with E-state index in [0.29, 0.717) is 59.9 Å². The summed E-state index contributed by atoms with van der Waals surface area (Å²) in [7, 11) is 6.43. The molecule has 7 atom stereocenters. The van der Waals surface area contributed by atoms with Crippen molar-refractivity contribution in [1.82, 2.24) is 10.3 Å². The van der Waals surface area contributed by atoms with E-state index in [2.05, 4.69) is 41.5 Å². The summed E-state index contributed by atoms with van der Waals surface area (Å²) in [4.78, 5) is 19.8. The Morgan fingerprint density at radius 3 is 2.47 bits per heavy atom. The van der Waals surface area contributed by atoms with Gasteiger partial charge in [-0.15, -0.1) is 0 Å². The highest BCUT2D eigenvalue weighted by Crippen LogP contribution is 2.52. The molecule has 14 heteroatoms. The van der Waals surface area contributed by atoms with Gasteiger partial charge in [-0.2, -0.15) is 0 Å². The molecule has 12 nitrogen and oxygen atoms in total. The lowest BCUT2D eigenvalue weighted by Gasteiger charge is -2.49. The predicted molar refractivity (Wildman–Crippen MR) is 289 cm³/mol. The molecule has 0 radical (unpaired) electrons. The maximum atomic E-state index is 16.6. The number of carbonyl (C=O) groups is 1. The van der Waals surface area contributed by atoms with Crippen LogP contribution in [0.4, 0.5) is 0 Å². The molecule has 1 aliphatic heterocycles. The first-order valence-electron chi connectivity index (χ1n) is 25.8. The van der Waals surface area contributed by atoms with Gasteiger partial charge in [0.05, 0.1) is 42.7 Å². The molecule has 0 amide bonds. The van der Waals surface area contributed by atoms with Crippen molar-refractivity contribution in [3.8, 4) is 28.7 Å². The summed E-state index contributed by atoms with van der Waals surface area (Å²) < 4.78 is 18.3. The van der Waals surface area contributed by atoms with Gasteiger partial charge in [0.15, 0.2) is 35.6 Å². The lowest BCUT2D eigenvalue weighted by atomic mass is 9.55. The van der Waals surface area contributed by atoms with Crippen LogP contribution in [0.2, 0.25) is 0 Å². The summed E-state index contributed by atoms with van der Waals surface area (Å²) in [6.45, 7) is 1.80. The molecule has 388 valence electrons. The molecule has 1 aromatic heterocycles. The zero-order valence-electron chi connectivity index (χ0n) is 42.0. The van der Waals surface area contributed by atoms with Crippen molar-refractivity contribution in [2.75, 3.05) is 33.3 Å². The summed E-state index contributed by atoms with van der Waals surface area (Å²) in [5, 5.41) is 75.5. The van der Waals surface area contributed by atoms with E-state index >= 15 is 4.79 Å². The molecule has 3 aliphatic rings. The Kier molecular flexibility index (Phi) is 17.0. The number of aryl methyl sites for hydroxylation is 1. The Morgan fingerprint density at radius 1 is 0.890 bits per heavy atom. The van der Waals surface area contributed by atoms with Crippen LogP contribution in [0.25, 0.3) is 10.8 Å². The molecule has 8 N–H and O–H groups in total. The third kappa shape index (κ3) is 11.0. The van der Waals surface area contributed by atoms with E-state index in [0.717, 1.165) is 88.2 Å². The lowest BCUT2D eigenvalue weighted by Crippen LogP contribution is -2.61. The number of carbonyl (C=O) groups excluding carboxylic acids is 1. The van der Waals surface area contributed by atoms with Crippen LogP contribution in [-0.2, 0) is 48.9 Å². The monoisotopic (exact) mass is 1030 g/mol. The van der Waals surface area contributed by atoms with E-state index < -0.39 is 42.2 Å². The molecule has 7 unspecified atom stereocenters. The number of hydrogen-bond donors (Lipinski definition) is 8. The van der Waals surface area contributed by atoms with Crippen molar-refractivity contribution in [1.29, 1.82) is 0 Å². The second-order valence-corrected chi connectivity index (χ2v) is 22.9. The number of ketones is 1. The zero-order chi connectivity index (χ0) is 51.2. The van der Waals surface area contributed by atoms with Crippen LogP contribution in [0.3, 0.4) is 0 Å². The average Bonchev–Trinajstić information content (AvgIpc) is 3.91. The number of methoxy groups -OCH3 is 1. The third-order valence-electron chi connectivity index (χ3n) is 15.8. The number of benzene rings is 5. The van der Waals surface area contributed by atoms with Gasteiger partial charge in [0, 0.05) is 42.6 Å². The molecule has 73 heavy (non-hydrogen) atoms. The van der Waals surface area contributed by atoms with Crippen LogP contribution in [0.1, 0.15) is 101 Å². The van der Waals surface area contributed by atoms with E-state index in [-0.39, 0.29) is 48.1 Å². The Balaban J connectivity index is 1.22. The van der Waals surface area contributed by atoms with Gasteiger partial charge in [-0.05, 0) is 168 Å². The highest BCUT2D eigenvalue weighted by Gasteiger charge is 2.58. The van der Waals surface area contributed by atoms with Crippen molar-refractivity contribution in [2.24, 2.45) is 17.8 Å². The van der Waals surface area contributed by atoms with Crippen molar-refractivity contribution < 1.29 is 49.6 Å². The SMILES string of the molecule is CCc1ccc2cccc3c2c1Cc1c(ccc(O)c1OC)CC(Cc1cc[nH]c1)C(O)C1C(=O)C(Cc2ccc(OCO)c(OC4CCCCC4)c2)(c2cc(O)cc(CNC)c2)C(O)CC1CSSC3CO. The second-order valence-electron chi connectivity index (χ2n) is 20.3. The molecule has 0 spiro atoms. The van der Waals surface area contributed by atoms with Gasteiger partial charge in [0.25, 0.3) is 0 Å². The van der Waals surface area contributed by atoms with Gasteiger partial charge >= 0.3 is 0 Å². The van der Waals surface area contributed by atoms with Crippen LogP contribution in [0.15, 0.2) is 97.3 Å². The summed E-state index contributed by atoms with van der Waals surface area (Å²) in [5.74, 6) is -0.959. The van der Waals surface area contributed by atoms with Crippen molar-refractivity contribution in [3.63, 3.8) is 0 Å². The second kappa shape index (κ2) is 23.6. The molecule has 2 saturated carbocycles. The average molecular weight is 1030 g/mol. The Labute approximate surface area is 436 Å². The number of fused-ring (bicyclic) bond motifs is 2. The first kappa shape index (κ1) is 52.7. The molecule has 9 rings (SSSR count). The fourth-order valence-electron chi connectivity index (χ4n) is 12.3. The number of rotatable bonds is 14. The Morgan fingerprint density at radius 2 is 1.73 bits per heavy atom. The van der Waals surface area contributed by atoms with E-state index in [1.165, 1.54) is 10.8 Å². The summed E-state index contributed by atoms with van der Waals surface area (Å²) in [5.41, 5.74) is 5.93. The van der Waals surface area contributed by atoms with Crippen LogP contribution in [0, 0.1) is 17.8 Å². The minimum absolute atomic E-state index is 0.00408. The molecular formula is C59H70N2O10S2. The van der Waals surface area contributed by atoms with Crippen LogP contribution in [-0.4, -0.2) is 93.0 Å². The van der Waals surface area contributed by atoms with Gasteiger partial charge in [-0.25, -0.2) is 0 Å². The minimum atomic E-state index is -1.67. The number of phenols is 2. The van der Waals surface area contributed by atoms with E-state index in [1.807, 2.05) is 48.8 Å². The number of ether oxygens (including phenoxy) is 3. The number of aromatic nitrogens is 1. The van der Waals surface area contributed by atoms with E-state index in [9.17, 15) is 30.6 Å². The third-order valence-corrected chi connectivity index (χ3v) is 18.7. The van der Waals surface area contributed by atoms with Gasteiger partial charge in [0.1, 0.15) is 5.75 Å². The topological polar surface area (TPSA) is 194 Å². The van der Waals surface area contributed by atoms with Gasteiger partial charge < -0.3 is 55.2 Å². The van der Waals surface area contributed by atoms with Gasteiger partial charge in [-0.1, -0.05) is 83.5 Å². The first-order chi connectivity index (χ1) is 35.5. The zero-order valence-corrected chi connectivity index (χ0v) is 43.7. The number of Topliss-reactive ketones (excluding diaryl/α,β-unsaturated/α-hetero) is 1. The van der Waals surface area contributed by atoms with Crippen LogP contribution in [0.5, 0.6) is 28.7 Å². The normalized spacial score (nSPS) is 24.0. The molecule has 2 fully saturated rings. The first-order valence-corrected chi connectivity index (χ1v) is 28.2. The fraction of sp³-hybridized carbons (Fsp3) is 0.441. The largest absolute Gasteiger partial charge is 0.508 e. The molecule has 0 saturated heterocycles. The smallest absolute Gasteiger partial charge is 0.186 e. The number of aliphatic hydroxyl groups excluding tert-OH is 4. The number of hydrogen-bond acceptors (Lipinski definition) is 13. The number of H-pyrrole nitrogens is 1. The molecule has 2 heterocycles. The minimum Gasteiger partial charge on any atom is -0.508 e. The van der Waals surface area contributed by atoms with Crippen molar-refractivity contribution in [2.45, 2.75) is 113 Å². The Bertz CT molecular complexity index is 2850. The van der Waals surface area contributed by atoms with E-state index in [1.54, 1.807) is 49.2 Å². The molecular weight excluding hydrogens is 961 g/mol. The summed E-state index contributed by atoms with van der Waals surface area (Å²) in [6.07, 6.45) is 8.17. The highest BCUT2D eigenvalue weighted by atomic mass is 33.1. The van der Waals surface area contributed by atoms with Gasteiger partial charge in [0.2, 0.25) is 0 Å². The molecule has 0 bridgehead atoms. The fourth-order valence-corrected chi connectivity index (χ4v) is 15.1. The predicted octanol–water partition coefficient (Wildman–Crippen LogP) is 9.44. The quantitative estimate of drug-likeness (QED) is 0.0380. The number of phenolic OH excluding ortho intramolecular Hbond substituents is 2. The molecule has 5 aromatic carbocycles. The summed E-state index contributed by atoms with van der Waals surface area (Å²) in [6, 6.07) is 26.5.